The lowest BCUT2D eigenvalue weighted by Gasteiger charge is -2.23. The van der Waals surface area contributed by atoms with Gasteiger partial charge in [0.2, 0.25) is 0 Å². The fraction of sp³-hybridized carbons (Fsp3) is 0.786. The summed E-state index contributed by atoms with van der Waals surface area (Å²) in [6.45, 7) is 13.6. The monoisotopic (exact) mass is 285 g/mol. The van der Waals surface area contributed by atoms with Crippen LogP contribution in [0.15, 0.2) is 0 Å². The molecule has 0 aliphatic carbocycles. The highest BCUT2D eigenvalue weighted by atomic mass is 28.3. The smallest absolute Gasteiger partial charge is 0.407 e. The van der Waals surface area contributed by atoms with Crippen molar-refractivity contribution in [2.45, 2.75) is 71.5 Å². The third kappa shape index (κ3) is 10.6. The van der Waals surface area contributed by atoms with Gasteiger partial charge in [-0.3, -0.25) is 0 Å². The van der Waals surface area contributed by atoms with Gasteiger partial charge in [-0.1, -0.05) is 19.6 Å². The SMILES string of the molecule is CC(NC(=O)OC(C)(C)C)C(O)CC#C[Si](C)(C)C. The summed E-state index contributed by atoms with van der Waals surface area (Å²) in [5.41, 5.74) is 2.65. The first-order valence-corrected chi connectivity index (χ1v) is 10.1. The lowest BCUT2D eigenvalue weighted by atomic mass is 10.1. The number of hydrogen-bond acceptors (Lipinski definition) is 3. The second-order valence-electron chi connectivity index (χ2n) is 6.76. The van der Waals surface area contributed by atoms with E-state index in [9.17, 15) is 9.90 Å². The molecule has 110 valence electrons. The standard InChI is InChI=1S/C14H27NO3Si/c1-11(15-13(17)18-14(2,3)4)12(16)9-8-10-19(5,6)7/h11-12,16H,9H2,1-7H3,(H,15,17). The Hall–Kier alpha value is -0.993. The molecule has 0 spiro atoms. The zero-order valence-corrected chi connectivity index (χ0v) is 14.1. The average molecular weight is 285 g/mol. The summed E-state index contributed by atoms with van der Waals surface area (Å²) in [5.74, 6) is 3.00. The Labute approximate surface area is 117 Å². The molecule has 2 N–H and O–H groups in total. The van der Waals surface area contributed by atoms with E-state index in [0.29, 0.717) is 6.42 Å². The van der Waals surface area contributed by atoms with Gasteiger partial charge < -0.3 is 15.2 Å². The van der Waals surface area contributed by atoms with Crippen LogP contribution in [0.2, 0.25) is 19.6 Å². The normalized spacial score (nSPS) is 14.9. The van der Waals surface area contributed by atoms with Crippen molar-refractivity contribution in [1.29, 1.82) is 0 Å². The maximum atomic E-state index is 11.5. The van der Waals surface area contributed by atoms with E-state index < -0.39 is 25.9 Å². The molecule has 2 atom stereocenters. The topological polar surface area (TPSA) is 58.6 Å². The molecule has 0 aliphatic rings. The molecule has 0 heterocycles. The molecule has 19 heavy (non-hydrogen) atoms. The van der Waals surface area contributed by atoms with Gasteiger partial charge in [0.05, 0.1) is 12.1 Å². The Morgan fingerprint density at radius 1 is 1.37 bits per heavy atom. The molecule has 5 heteroatoms. The van der Waals surface area contributed by atoms with Crippen LogP contribution in [0.3, 0.4) is 0 Å². The number of alkyl carbamates (subject to hydrolysis) is 1. The Morgan fingerprint density at radius 2 is 1.89 bits per heavy atom. The van der Waals surface area contributed by atoms with Crippen LogP contribution in [-0.4, -0.2) is 37.0 Å². The van der Waals surface area contributed by atoms with E-state index >= 15 is 0 Å². The molecule has 0 bridgehead atoms. The van der Waals surface area contributed by atoms with Crippen molar-refractivity contribution in [2.75, 3.05) is 0 Å². The fourth-order valence-corrected chi connectivity index (χ4v) is 1.82. The Kier molecular flexibility index (Phi) is 6.60. The summed E-state index contributed by atoms with van der Waals surface area (Å²) in [4.78, 5) is 11.5. The second-order valence-corrected chi connectivity index (χ2v) is 11.5. The number of hydrogen-bond donors (Lipinski definition) is 2. The van der Waals surface area contributed by atoms with Crippen LogP contribution in [0.25, 0.3) is 0 Å². The van der Waals surface area contributed by atoms with Gasteiger partial charge in [-0.05, 0) is 27.7 Å². The minimum Gasteiger partial charge on any atom is -0.444 e. The minimum atomic E-state index is -1.41. The van der Waals surface area contributed by atoms with Crippen LogP contribution < -0.4 is 5.32 Å². The van der Waals surface area contributed by atoms with Crippen molar-refractivity contribution in [3.63, 3.8) is 0 Å². The van der Waals surface area contributed by atoms with Crippen molar-refractivity contribution in [3.8, 4) is 11.5 Å². The lowest BCUT2D eigenvalue weighted by molar-refractivity contribution is 0.0440. The summed E-state index contributed by atoms with van der Waals surface area (Å²) in [5, 5.41) is 12.5. The zero-order chi connectivity index (χ0) is 15.3. The summed E-state index contributed by atoms with van der Waals surface area (Å²) < 4.78 is 5.13. The number of aliphatic hydroxyl groups is 1. The van der Waals surface area contributed by atoms with Crippen LogP contribution >= 0.6 is 0 Å². The zero-order valence-electron chi connectivity index (χ0n) is 13.1. The minimum absolute atomic E-state index is 0.362. The number of nitrogens with one attached hydrogen (secondary N) is 1. The highest BCUT2D eigenvalue weighted by Crippen LogP contribution is 2.07. The number of aliphatic hydroxyl groups excluding tert-OH is 1. The molecule has 1 amide bonds. The van der Waals surface area contributed by atoms with Gasteiger partial charge in [0.25, 0.3) is 0 Å². The third-order valence-electron chi connectivity index (χ3n) is 2.10. The summed E-state index contributed by atoms with van der Waals surface area (Å²) in [6, 6.07) is -0.384. The molecule has 0 rings (SSSR count). The fourth-order valence-electron chi connectivity index (χ4n) is 1.19. The number of rotatable bonds is 3. The number of amides is 1. The molecular weight excluding hydrogens is 258 g/mol. The predicted octanol–water partition coefficient (Wildman–Crippen LogP) is 2.53. The van der Waals surface area contributed by atoms with Gasteiger partial charge in [0, 0.05) is 6.42 Å². The van der Waals surface area contributed by atoms with E-state index in [1.54, 1.807) is 27.7 Å². The average Bonchev–Trinajstić information content (AvgIpc) is 2.11. The summed E-state index contributed by atoms with van der Waals surface area (Å²) in [6.07, 6.45) is -0.838. The molecule has 4 nitrogen and oxygen atoms in total. The van der Waals surface area contributed by atoms with Gasteiger partial charge in [-0.2, -0.15) is 0 Å². The van der Waals surface area contributed by atoms with Crippen molar-refractivity contribution in [1.82, 2.24) is 5.32 Å². The van der Waals surface area contributed by atoms with Crippen LogP contribution in [-0.2, 0) is 4.74 Å². The Balaban J connectivity index is 4.23. The number of ether oxygens (including phenoxy) is 1. The van der Waals surface area contributed by atoms with Crippen molar-refractivity contribution in [2.24, 2.45) is 0 Å². The quantitative estimate of drug-likeness (QED) is 0.619. The largest absolute Gasteiger partial charge is 0.444 e. The summed E-state index contributed by atoms with van der Waals surface area (Å²) in [7, 11) is -1.41. The second kappa shape index (κ2) is 6.97. The van der Waals surface area contributed by atoms with Crippen LogP contribution in [0.4, 0.5) is 4.79 Å². The Bertz CT molecular complexity index is 358. The summed E-state index contributed by atoms with van der Waals surface area (Å²) >= 11 is 0. The molecule has 0 aromatic carbocycles. The van der Waals surface area contributed by atoms with E-state index in [-0.39, 0.29) is 6.04 Å². The van der Waals surface area contributed by atoms with Gasteiger partial charge >= 0.3 is 6.09 Å². The van der Waals surface area contributed by atoms with E-state index in [4.69, 9.17) is 4.74 Å². The Morgan fingerprint density at radius 3 is 2.32 bits per heavy atom. The first-order chi connectivity index (χ1) is 8.41. The van der Waals surface area contributed by atoms with Gasteiger partial charge in [0.1, 0.15) is 13.7 Å². The number of carbonyl (C=O) groups excluding carboxylic acids is 1. The first-order valence-electron chi connectivity index (χ1n) is 6.58. The predicted molar refractivity (Wildman–Crippen MR) is 80.6 cm³/mol. The highest BCUT2D eigenvalue weighted by Gasteiger charge is 2.20. The first kappa shape index (κ1) is 18.0. The molecule has 0 saturated heterocycles. The van der Waals surface area contributed by atoms with Gasteiger partial charge in [-0.25, -0.2) is 4.79 Å². The van der Waals surface area contributed by atoms with Crippen molar-refractivity contribution < 1.29 is 14.6 Å². The molecule has 0 aromatic heterocycles. The van der Waals surface area contributed by atoms with E-state index in [1.165, 1.54) is 0 Å². The van der Waals surface area contributed by atoms with Crippen molar-refractivity contribution in [3.05, 3.63) is 0 Å². The molecule has 0 radical (unpaired) electrons. The van der Waals surface area contributed by atoms with Gasteiger partial charge in [-0.15, -0.1) is 11.5 Å². The maximum Gasteiger partial charge on any atom is 0.407 e. The highest BCUT2D eigenvalue weighted by molar-refractivity contribution is 6.83. The molecule has 2 unspecified atom stereocenters. The molecule has 0 fully saturated rings. The van der Waals surface area contributed by atoms with Gasteiger partial charge in [0.15, 0.2) is 0 Å². The van der Waals surface area contributed by atoms with E-state index in [0.717, 1.165) is 0 Å². The third-order valence-corrected chi connectivity index (χ3v) is 3.02. The van der Waals surface area contributed by atoms with Crippen LogP contribution in [0, 0.1) is 11.5 Å². The molecule has 0 aliphatic heterocycles. The molecule has 0 aromatic rings. The lowest BCUT2D eigenvalue weighted by Crippen LogP contribution is -2.43. The molecular formula is C14H27NO3Si. The molecule has 0 saturated carbocycles. The van der Waals surface area contributed by atoms with Crippen molar-refractivity contribution >= 4 is 14.2 Å². The van der Waals surface area contributed by atoms with Crippen LogP contribution in [0.5, 0.6) is 0 Å². The van der Waals surface area contributed by atoms with E-state index in [2.05, 4.69) is 36.4 Å². The maximum absolute atomic E-state index is 11.5. The van der Waals surface area contributed by atoms with Crippen LogP contribution in [0.1, 0.15) is 34.1 Å². The van der Waals surface area contributed by atoms with E-state index in [1.807, 2.05) is 0 Å². The number of carbonyl (C=O) groups is 1.